The lowest BCUT2D eigenvalue weighted by Gasteiger charge is -2.36. The normalized spacial score (nSPS) is 21.7. The van der Waals surface area contributed by atoms with Crippen molar-refractivity contribution in [2.75, 3.05) is 19.6 Å². The second-order valence-electron chi connectivity index (χ2n) is 4.90. The molecule has 18 heavy (non-hydrogen) atoms. The molecule has 0 saturated carbocycles. The monoisotopic (exact) mass is 255 g/mol. The number of rotatable bonds is 6. The van der Waals surface area contributed by atoms with Crippen LogP contribution in [0.15, 0.2) is 0 Å². The molecule has 2 unspecified atom stereocenters. The van der Waals surface area contributed by atoms with Gasteiger partial charge in [0.15, 0.2) is 0 Å². The average molecular weight is 255 g/mol. The number of nitrogens with two attached hydrogens (primary N) is 1. The maximum atomic E-state index is 12.4. The number of hydrogen-bond donors (Lipinski definition) is 2. The largest absolute Gasteiger partial charge is 0.368 e. The molecule has 0 aliphatic carbocycles. The summed E-state index contributed by atoms with van der Waals surface area (Å²) >= 11 is 0. The van der Waals surface area contributed by atoms with Gasteiger partial charge in [0.2, 0.25) is 11.8 Å². The molecular formula is C13H25N3O2. The van der Waals surface area contributed by atoms with E-state index in [2.05, 4.69) is 12.2 Å². The Balaban J connectivity index is 2.68. The Morgan fingerprint density at radius 2 is 2.17 bits per heavy atom. The Labute approximate surface area is 109 Å². The Bertz CT molecular complexity index is 294. The van der Waals surface area contributed by atoms with Crippen molar-refractivity contribution >= 4 is 11.8 Å². The minimum atomic E-state index is -0.484. The number of nitrogens with one attached hydrogen (secondary N) is 1. The van der Waals surface area contributed by atoms with Crippen LogP contribution in [0.2, 0.25) is 0 Å². The van der Waals surface area contributed by atoms with Gasteiger partial charge in [-0.1, -0.05) is 26.7 Å². The minimum Gasteiger partial charge on any atom is -0.368 e. The van der Waals surface area contributed by atoms with Crippen LogP contribution in [0.4, 0.5) is 0 Å². The van der Waals surface area contributed by atoms with Crippen LogP contribution in [-0.2, 0) is 9.59 Å². The number of amides is 2. The maximum absolute atomic E-state index is 12.4. The smallest absolute Gasteiger partial charge is 0.241 e. The van der Waals surface area contributed by atoms with Crippen LogP contribution in [0.3, 0.4) is 0 Å². The van der Waals surface area contributed by atoms with Crippen molar-refractivity contribution < 1.29 is 9.59 Å². The van der Waals surface area contributed by atoms with Crippen molar-refractivity contribution in [3.8, 4) is 0 Å². The molecule has 0 radical (unpaired) electrons. The molecule has 2 amide bonds. The fourth-order valence-corrected chi connectivity index (χ4v) is 2.41. The predicted octanol–water partition coefficient (Wildman–Crippen LogP) is 0.489. The average Bonchev–Trinajstić information content (AvgIpc) is 2.39. The quantitative estimate of drug-likeness (QED) is 0.725. The predicted molar refractivity (Wildman–Crippen MR) is 70.9 cm³/mol. The van der Waals surface area contributed by atoms with Gasteiger partial charge in [-0.25, -0.2) is 0 Å². The Kier molecular flexibility index (Phi) is 6.12. The van der Waals surface area contributed by atoms with E-state index in [1.165, 1.54) is 0 Å². The van der Waals surface area contributed by atoms with Crippen LogP contribution in [0.1, 0.15) is 39.5 Å². The van der Waals surface area contributed by atoms with Crippen molar-refractivity contribution in [2.45, 2.75) is 45.6 Å². The van der Waals surface area contributed by atoms with Gasteiger partial charge < -0.3 is 16.0 Å². The lowest BCUT2D eigenvalue weighted by molar-refractivity contribution is -0.144. The number of piperazine rings is 1. The Morgan fingerprint density at radius 3 is 2.72 bits per heavy atom. The highest BCUT2D eigenvalue weighted by Crippen LogP contribution is 2.18. The highest BCUT2D eigenvalue weighted by Gasteiger charge is 2.33. The molecule has 0 bridgehead atoms. The van der Waals surface area contributed by atoms with Crippen molar-refractivity contribution in [1.82, 2.24) is 10.2 Å². The summed E-state index contributed by atoms with van der Waals surface area (Å²) in [5.41, 5.74) is 5.36. The lowest BCUT2D eigenvalue weighted by atomic mass is 9.96. The van der Waals surface area contributed by atoms with Gasteiger partial charge in [0.25, 0.3) is 0 Å². The van der Waals surface area contributed by atoms with E-state index in [1.807, 2.05) is 6.92 Å². The second kappa shape index (κ2) is 7.36. The van der Waals surface area contributed by atoms with Crippen molar-refractivity contribution in [2.24, 2.45) is 11.7 Å². The van der Waals surface area contributed by atoms with Gasteiger partial charge >= 0.3 is 0 Å². The van der Waals surface area contributed by atoms with Crippen LogP contribution in [0.5, 0.6) is 0 Å². The van der Waals surface area contributed by atoms with Crippen molar-refractivity contribution in [3.05, 3.63) is 0 Å². The van der Waals surface area contributed by atoms with Crippen molar-refractivity contribution in [1.29, 1.82) is 0 Å². The summed E-state index contributed by atoms with van der Waals surface area (Å²) in [5.74, 6) is -0.290. The number of nitrogens with zero attached hydrogens (tertiary/aromatic N) is 1. The van der Waals surface area contributed by atoms with E-state index < -0.39 is 11.9 Å². The van der Waals surface area contributed by atoms with Gasteiger partial charge in [-0.2, -0.15) is 0 Å². The number of unbranched alkanes of at least 4 members (excludes halogenated alkanes) is 1. The van der Waals surface area contributed by atoms with E-state index in [1.54, 1.807) is 4.90 Å². The first-order valence-electron chi connectivity index (χ1n) is 6.92. The molecule has 1 aliphatic heterocycles. The molecule has 3 N–H and O–H groups in total. The Hall–Kier alpha value is -1.10. The minimum absolute atomic E-state index is 0.0323. The summed E-state index contributed by atoms with van der Waals surface area (Å²) in [6.45, 7) is 5.94. The van der Waals surface area contributed by atoms with E-state index in [-0.39, 0.29) is 11.8 Å². The molecule has 1 fully saturated rings. The van der Waals surface area contributed by atoms with E-state index in [4.69, 9.17) is 5.73 Å². The van der Waals surface area contributed by atoms with Crippen LogP contribution >= 0.6 is 0 Å². The lowest BCUT2D eigenvalue weighted by Crippen LogP contribution is -2.59. The van der Waals surface area contributed by atoms with Gasteiger partial charge in [0.05, 0.1) is 0 Å². The van der Waals surface area contributed by atoms with Gasteiger partial charge in [-0.3, -0.25) is 9.59 Å². The number of carbonyl (C=O) groups excluding carboxylic acids is 2. The third kappa shape index (κ3) is 3.70. The summed E-state index contributed by atoms with van der Waals surface area (Å²) in [5, 5.41) is 3.11. The van der Waals surface area contributed by atoms with Crippen LogP contribution < -0.4 is 11.1 Å². The zero-order chi connectivity index (χ0) is 13.5. The molecule has 5 heteroatoms. The first kappa shape index (κ1) is 15.0. The maximum Gasteiger partial charge on any atom is 0.241 e. The van der Waals surface area contributed by atoms with E-state index in [0.717, 1.165) is 32.2 Å². The molecular weight excluding hydrogens is 230 g/mol. The van der Waals surface area contributed by atoms with Crippen LogP contribution in [0, 0.1) is 5.92 Å². The molecule has 1 saturated heterocycles. The van der Waals surface area contributed by atoms with Gasteiger partial charge in [-0.15, -0.1) is 0 Å². The van der Waals surface area contributed by atoms with Gasteiger partial charge in [-0.05, 0) is 12.8 Å². The molecule has 0 spiro atoms. The van der Waals surface area contributed by atoms with Crippen LogP contribution in [0.25, 0.3) is 0 Å². The molecule has 1 rings (SSSR count). The molecule has 1 aliphatic rings. The first-order valence-corrected chi connectivity index (χ1v) is 6.92. The highest BCUT2D eigenvalue weighted by atomic mass is 16.2. The molecule has 0 aromatic rings. The molecule has 0 aromatic heterocycles. The number of carbonyl (C=O) groups is 2. The topological polar surface area (TPSA) is 75.4 Å². The summed E-state index contributed by atoms with van der Waals surface area (Å²) in [6, 6.07) is -0.484. The van der Waals surface area contributed by atoms with Gasteiger partial charge in [0.1, 0.15) is 6.04 Å². The van der Waals surface area contributed by atoms with E-state index >= 15 is 0 Å². The van der Waals surface area contributed by atoms with E-state index in [9.17, 15) is 9.59 Å². The molecule has 104 valence electrons. The summed E-state index contributed by atoms with van der Waals surface area (Å²) in [7, 11) is 0. The SMILES string of the molecule is CCCCC(CC)C(=O)N1CCNCC1C(N)=O. The zero-order valence-corrected chi connectivity index (χ0v) is 11.4. The number of primary amides is 1. The van der Waals surface area contributed by atoms with Crippen LogP contribution in [-0.4, -0.2) is 42.4 Å². The summed E-state index contributed by atoms with van der Waals surface area (Å²) in [6.07, 6.45) is 3.87. The molecule has 0 aromatic carbocycles. The fourth-order valence-electron chi connectivity index (χ4n) is 2.41. The Morgan fingerprint density at radius 1 is 1.44 bits per heavy atom. The summed E-state index contributed by atoms with van der Waals surface area (Å²) < 4.78 is 0. The third-order valence-electron chi connectivity index (χ3n) is 3.60. The molecule has 5 nitrogen and oxygen atoms in total. The second-order valence-corrected chi connectivity index (χ2v) is 4.90. The first-order chi connectivity index (χ1) is 8.61. The number of hydrogen-bond acceptors (Lipinski definition) is 3. The molecule has 2 atom stereocenters. The highest BCUT2D eigenvalue weighted by molar-refractivity contribution is 5.88. The van der Waals surface area contributed by atoms with Gasteiger partial charge in [0, 0.05) is 25.6 Å². The standard InChI is InChI=1S/C13H25N3O2/c1-3-5-6-10(4-2)13(18)16-8-7-15-9-11(16)12(14)17/h10-11,15H,3-9H2,1-2H3,(H2,14,17). The fraction of sp³-hybridized carbons (Fsp3) is 0.846. The van der Waals surface area contributed by atoms with Crippen molar-refractivity contribution in [3.63, 3.8) is 0 Å². The zero-order valence-electron chi connectivity index (χ0n) is 11.4. The third-order valence-corrected chi connectivity index (χ3v) is 3.60. The molecule has 1 heterocycles. The van der Waals surface area contributed by atoms with E-state index in [0.29, 0.717) is 13.1 Å². The summed E-state index contributed by atoms with van der Waals surface area (Å²) in [4.78, 5) is 25.5.